The monoisotopic (exact) mass is 483 g/mol. The highest BCUT2D eigenvalue weighted by atomic mass is 32.1. The SMILES string of the molecule is CCOC(=O)c1nc(C(=O)c2cc(C)c(Nc3nc4ccccc4s3)nn2)sc1CCCO. The molecule has 0 saturated heterocycles. The maximum Gasteiger partial charge on any atom is 0.358 e. The van der Waals surface area contributed by atoms with E-state index in [2.05, 4.69) is 25.5 Å². The lowest BCUT2D eigenvalue weighted by molar-refractivity contribution is 0.0519. The molecule has 0 unspecified atom stereocenters. The van der Waals surface area contributed by atoms with Crippen LogP contribution in [-0.2, 0) is 11.2 Å². The van der Waals surface area contributed by atoms with E-state index < -0.39 is 11.8 Å². The van der Waals surface area contributed by atoms with Crippen molar-refractivity contribution in [2.45, 2.75) is 26.7 Å². The average Bonchev–Trinajstić information content (AvgIpc) is 3.42. The third kappa shape index (κ3) is 5.05. The highest BCUT2D eigenvalue weighted by Gasteiger charge is 2.24. The number of hydrogen-bond donors (Lipinski definition) is 2. The van der Waals surface area contributed by atoms with Gasteiger partial charge in [-0.3, -0.25) is 4.79 Å². The van der Waals surface area contributed by atoms with Crippen LogP contribution in [0.1, 0.15) is 49.8 Å². The third-order valence-corrected chi connectivity index (χ3v) is 6.72. The maximum atomic E-state index is 13.0. The summed E-state index contributed by atoms with van der Waals surface area (Å²) in [4.78, 5) is 34.6. The number of aliphatic hydroxyl groups excluding tert-OH is 1. The summed E-state index contributed by atoms with van der Waals surface area (Å²) in [6, 6.07) is 9.44. The van der Waals surface area contributed by atoms with Crippen molar-refractivity contribution in [1.29, 1.82) is 0 Å². The predicted octanol–water partition coefficient (Wildman–Crippen LogP) is 3.93. The number of benzene rings is 1. The number of aromatic nitrogens is 4. The zero-order valence-corrected chi connectivity index (χ0v) is 19.6. The highest BCUT2D eigenvalue weighted by Crippen LogP contribution is 2.29. The molecule has 3 aromatic heterocycles. The first kappa shape index (κ1) is 22.9. The summed E-state index contributed by atoms with van der Waals surface area (Å²) in [5.41, 5.74) is 1.84. The lowest BCUT2D eigenvalue weighted by Gasteiger charge is -2.05. The average molecular weight is 484 g/mol. The van der Waals surface area contributed by atoms with Crippen LogP contribution < -0.4 is 5.32 Å². The van der Waals surface area contributed by atoms with Crippen LogP contribution in [0, 0.1) is 6.92 Å². The van der Waals surface area contributed by atoms with Crippen LogP contribution in [-0.4, -0.2) is 50.2 Å². The standard InChI is InChI=1S/C22H21N5O4S2/c1-3-31-21(30)17-16(9-6-10-28)32-20(24-17)18(29)14-11-12(2)19(27-26-14)25-22-23-13-7-4-5-8-15(13)33-22/h4-5,7-8,11,28H,3,6,9-10H2,1-2H3,(H,23,25,27). The molecule has 170 valence electrons. The fourth-order valence-electron chi connectivity index (χ4n) is 3.07. The Balaban J connectivity index is 1.57. The van der Waals surface area contributed by atoms with E-state index in [-0.39, 0.29) is 29.6 Å². The van der Waals surface area contributed by atoms with Crippen molar-refractivity contribution in [3.63, 3.8) is 0 Å². The molecule has 0 amide bonds. The zero-order chi connectivity index (χ0) is 23.4. The minimum Gasteiger partial charge on any atom is -0.461 e. The number of rotatable bonds is 9. The molecule has 4 aromatic rings. The summed E-state index contributed by atoms with van der Waals surface area (Å²) in [7, 11) is 0. The molecule has 0 radical (unpaired) electrons. The summed E-state index contributed by atoms with van der Waals surface area (Å²) in [5, 5.41) is 21.3. The van der Waals surface area contributed by atoms with E-state index in [1.54, 1.807) is 13.0 Å². The van der Waals surface area contributed by atoms with Gasteiger partial charge in [0.15, 0.2) is 21.7 Å². The molecule has 9 nitrogen and oxygen atoms in total. The Labute approximate surface area is 197 Å². The largest absolute Gasteiger partial charge is 0.461 e. The summed E-state index contributed by atoms with van der Waals surface area (Å²) in [6.07, 6.45) is 0.874. The number of aryl methyl sites for hydroxylation is 2. The minimum atomic E-state index is -0.585. The molecule has 3 heterocycles. The molecule has 4 rings (SSSR count). The Kier molecular flexibility index (Phi) is 7.02. The van der Waals surface area contributed by atoms with E-state index in [0.717, 1.165) is 27.1 Å². The van der Waals surface area contributed by atoms with Crippen molar-refractivity contribution in [2.24, 2.45) is 0 Å². The van der Waals surface area contributed by atoms with E-state index in [1.807, 2.05) is 31.2 Å². The lowest BCUT2D eigenvalue weighted by Crippen LogP contribution is -2.10. The quantitative estimate of drug-likeness (QED) is 0.269. The van der Waals surface area contributed by atoms with E-state index in [1.165, 1.54) is 11.3 Å². The molecule has 0 aliphatic rings. The number of ether oxygens (including phenoxy) is 1. The number of nitrogens with one attached hydrogen (secondary N) is 1. The second kappa shape index (κ2) is 10.1. The summed E-state index contributed by atoms with van der Waals surface area (Å²) in [5.74, 6) is -0.512. The van der Waals surface area contributed by atoms with Gasteiger partial charge >= 0.3 is 5.97 Å². The van der Waals surface area contributed by atoms with E-state index >= 15 is 0 Å². The fraction of sp³-hybridized carbons (Fsp3) is 0.273. The fourth-order valence-corrected chi connectivity index (χ4v) is 4.98. The Bertz CT molecular complexity index is 1280. The van der Waals surface area contributed by atoms with Gasteiger partial charge in [0.05, 0.1) is 16.8 Å². The smallest absolute Gasteiger partial charge is 0.358 e. The molecule has 2 N–H and O–H groups in total. The number of thiazole rings is 2. The number of fused-ring (bicyclic) bond motifs is 1. The number of aliphatic hydroxyl groups is 1. The van der Waals surface area contributed by atoms with Crippen molar-refractivity contribution in [3.8, 4) is 0 Å². The molecule has 1 aromatic carbocycles. The number of para-hydroxylation sites is 1. The molecule has 0 bridgehead atoms. The van der Waals surface area contributed by atoms with Gasteiger partial charge in [-0.25, -0.2) is 14.8 Å². The van der Waals surface area contributed by atoms with Gasteiger partial charge in [0, 0.05) is 11.5 Å². The number of hydrogen-bond acceptors (Lipinski definition) is 11. The van der Waals surface area contributed by atoms with Gasteiger partial charge in [-0.1, -0.05) is 23.5 Å². The Morgan fingerprint density at radius 1 is 1.15 bits per heavy atom. The van der Waals surface area contributed by atoms with Gasteiger partial charge in [-0.15, -0.1) is 21.5 Å². The first-order valence-corrected chi connectivity index (χ1v) is 11.9. The number of ketones is 1. The molecule has 0 atom stereocenters. The van der Waals surface area contributed by atoms with Crippen molar-refractivity contribution in [1.82, 2.24) is 20.2 Å². The minimum absolute atomic E-state index is 0.0305. The van der Waals surface area contributed by atoms with Gasteiger partial charge in [-0.2, -0.15) is 0 Å². The topological polar surface area (TPSA) is 127 Å². The van der Waals surface area contributed by atoms with Gasteiger partial charge in [0.25, 0.3) is 0 Å². The number of esters is 1. The normalized spacial score (nSPS) is 11.0. The summed E-state index contributed by atoms with van der Waals surface area (Å²) < 4.78 is 6.10. The van der Waals surface area contributed by atoms with E-state index in [9.17, 15) is 9.59 Å². The van der Waals surface area contributed by atoms with Crippen LogP contribution in [0.15, 0.2) is 30.3 Å². The van der Waals surface area contributed by atoms with Crippen LogP contribution in [0.5, 0.6) is 0 Å². The molecule has 0 fully saturated rings. The van der Waals surface area contributed by atoms with Crippen molar-refractivity contribution in [2.75, 3.05) is 18.5 Å². The molecule has 0 saturated carbocycles. The van der Waals surface area contributed by atoms with Crippen molar-refractivity contribution >= 4 is 55.6 Å². The summed E-state index contributed by atoms with van der Waals surface area (Å²) >= 11 is 2.61. The molecule has 33 heavy (non-hydrogen) atoms. The summed E-state index contributed by atoms with van der Waals surface area (Å²) in [6.45, 7) is 3.69. The van der Waals surface area contributed by atoms with Crippen LogP contribution in [0.4, 0.5) is 10.9 Å². The predicted molar refractivity (Wildman–Crippen MR) is 127 cm³/mol. The van der Waals surface area contributed by atoms with Crippen LogP contribution in [0.2, 0.25) is 0 Å². The second-order valence-corrected chi connectivity index (χ2v) is 9.15. The first-order valence-electron chi connectivity index (χ1n) is 10.3. The van der Waals surface area contributed by atoms with Crippen molar-refractivity contribution in [3.05, 3.63) is 57.2 Å². The van der Waals surface area contributed by atoms with E-state index in [4.69, 9.17) is 9.84 Å². The van der Waals surface area contributed by atoms with Gasteiger partial charge in [0.1, 0.15) is 5.69 Å². The third-order valence-electron chi connectivity index (χ3n) is 4.66. The zero-order valence-electron chi connectivity index (χ0n) is 18.0. The van der Waals surface area contributed by atoms with Crippen LogP contribution in [0.3, 0.4) is 0 Å². The molecule has 0 spiro atoms. The molecular weight excluding hydrogens is 462 g/mol. The Morgan fingerprint density at radius 3 is 2.70 bits per heavy atom. The molecular formula is C22H21N5O4S2. The van der Waals surface area contributed by atoms with Crippen LogP contribution >= 0.6 is 22.7 Å². The Morgan fingerprint density at radius 2 is 1.97 bits per heavy atom. The lowest BCUT2D eigenvalue weighted by atomic mass is 10.2. The van der Waals surface area contributed by atoms with Crippen LogP contribution in [0.25, 0.3) is 10.2 Å². The highest BCUT2D eigenvalue weighted by molar-refractivity contribution is 7.22. The molecule has 0 aliphatic heterocycles. The second-order valence-electron chi connectivity index (χ2n) is 7.04. The number of anilines is 2. The molecule has 11 heteroatoms. The van der Waals surface area contributed by atoms with Crippen molar-refractivity contribution < 1.29 is 19.4 Å². The van der Waals surface area contributed by atoms with Gasteiger partial charge < -0.3 is 15.2 Å². The Hall–Kier alpha value is -3.28. The number of carbonyl (C=O) groups is 2. The number of nitrogens with zero attached hydrogens (tertiary/aromatic N) is 4. The number of carbonyl (C=O) groups excluding carboxylic acids is 2. The molecule has 0 aliphatic carbocycles. The maximum absolute atomic E-state index is 13.0. The van der Waals surface area contributed by atoms with E-state index in [0.29, 0.717) is 28.7 Å². The van der Waals surface area contributed by atoms with Gasteiger partial charge in [0.2, 0.25) is 5.78 Å². The van der Waals surface area contributed by atoms with Gasteiger partial charge in [-0.05, 0) is 50.5 Å². The first-order chi connectivity index (χ1) is 16.0.